The van der Waals surface area contributed by atoms with Crippen molar-refractivity contribution in [2.45, 2.75) is 37.5 Å². The Balaban J connectivity index is 1.81. The predicted molar refractivity (Wildman–Crippen MR) is 62.4 cm³/mol. The number of aliphatic hydroxyl groups is 1. The molecule has 0 aromatic heterocycles. The standard InChI is InChI=1S/C12H19F3N2O2/c13-12(14,15)11(19)4-6-17(8-11)10(18)2-1-9-3-5-16-7-9/h9,16,19H,1-8H2. The number of β-amino-alcohol motifs (C(OH)–C–C–N with tert-alkyl or cyclic N) is 1. The summed E-state index contributed by atoms with van der Waals surface area (Å²) in [7, 11) is 0. The Hall–Kier alpha value is -0.820. The van der Waals surface area contributed by atoms with Crippen LogP contribution in [0.25, 0.3) is 0 Å². The number of carbonyl (C=O) groups excluding carboxylic acids is 1. The fraction of sp³-hybridized carbons (Fsp3) is 0.917. The van der Waals surface area contributed by atoms with E-state index in [0.717, 1.165) is 24.4 Å². The lowest BCUT2D eigenvalue weighted by Gasteiger charge is -2.26. The summed E-state index contributed by atoms with van der Waals surface area (Å²) in [6.45, 7) is 1.17. The van der Waals surface area contributed by atoms with Crippen LogP contribution in [0.4, 0.5) is 13.2 Å². The molecular formula is C12H19F3N2O2. The summed E-state index contributed by atoms with van der Waals surface area (Å²) in [4.78, 5) is 13.0. The van der Waals surface area contributed by atoms with Gasteiger partial charge in [-0.2, -0.15) is 13.2 Å². The zero-order valence-corrected chi connectivity index (χ0v) is 10.7. The van der Waals surface area contributed by atoms with E-state index in [0.29, 0.717) is 12.3 Å². The molecule has 0 saturated carbocycles. The van der Waals surface area contributed by atoms with Crippen LogP contribution in [0.1, 0.15) is 25.7 Å². The number of alkyl halides is 3. The predicted octanol–water partition coefficient (Wildman–Crippen LogP) is 0.902. The van der Waals surface area contributed by atoms with Crippen LogP contribution in [0.5, 0.6) is 0 Å². The lowest BCUT2D eigenvalue weighted by Crippen LogP contribution is -2.48. The fourth-order valence-corrected chi connectivity index (χ4v) is 2.68. The Kier molecular flexibility index (Phi) is 4.06. The molecule has 2 aliphatic heterocycles. The highest BCUT2D eigenvalue weighted by Gasteiger charge is 2.57. The minimum Gasteiger partial charge on any atom is -0.379 e. The molecule has 2 saturated heterocycles. The van der Waals surface area contributed by atoms with Gasteiger partial charge in [-0.15, -0.1) is 0 Å². The van der Waals surface area contributed by atoms with Crippen molar-refractivity contribution in [3.8, 4) is 0 Å². The van der Waals surface area contributed by atoms with E-state index in [4.69, 9.17) is 0 Å². The number of hydrogen-bond donors (Lipinski definition) is 2. The topological polar surface area (TPSA) is 52.6 Å². The van der Waals surface area contributed by atoms with Crippen molar-refractivity contribution >= 4 is 5.91 Å². The molecule has 2 unspecified atom stereocenters. The molecule has 0 aliphatic carbocycles. The number of nitrogens with one attached hydrogen (secondary N) is 1. The molecule has 0 spiro atoms. The number of nitrogens with zero attached hydrogens (tertiary/aromatic N) is 1. The third-order valence-electron chi connectivity index (χ3n) is 4.06. The first-order chi connectivity index (χ1) is 8.82. The molecule has 0 aromatic carbocycles. The van der Waals surface area contributed by atoms with Gasteiger partial charge in [-0.3, -0.25) is 4.79 Å². The van der Waals surface area contributed by atoms with E-state index in [1.54, 1.807) is 0 Å². The summed E-state index contributed by atoms with van der Waals surface area (Å²) in [6, 6.07) is 0. The Morgan fingerprint density at radius 3 is 2.74 bits per heavy atom. The van der Waals surface area contributed by atoms with E-state index < -0.39 is 24.7 Å². The maximum atomic E-state index is 12.6. The second-order valence-electron chi connectivity index (χ2n) is 5.49. The normalized spacial score (nSPS) is 32.0. The number of carbonyl (C=O) groups is 1. The molecule has 4 nitrogen and oxygen atoms in total. The first kappa shape index (κ1) is 14.6. The molecule has 7 heteroatoms. The van der Waals surface area contributed by atoms with Crippen molar-refractivity contribution in [1.29, 1.82) is 0 Å². The van der Waals surface area contributed by atoms with Gasteiger partial charge in [0.25, 0.3) is 0 Å². The zero-order valence-electron chi connectivity index (χ0n) is 10.7. The molecule has 0 aromatic rings. The monoisotopic (exact) mass is 280 g/mol. The third-order valence-corrected chi connectivity index (χ3v) is 4.06. The van der Waals surface area contributed by atoms with Gasteiger partial charge in [0.1, 0.15) is 0 Å². The molecule has 19 heavy (non-hydrogen) atoms. The van der Waals surface area contributed by atoms with Gasteiger partial charge in [0.15, 0.2) is 5.60 Å². The van der Waals surface area contributed by atoms with E-state index >= 15 is 0 Å². The minimum absolute atomic E-state index is 0.0161. The first-order valence-electron chi connectivity index (χ1n) is 6.59. The van der Waals surface area contributed by atoms with Crippen molar-refractivity contribution in [2.75, 3.05) is 26.2 Å². The summed E-state index contributed by atoms with van der Waals surface area (Å²) in [5, 5.41) is 12.7. The molecule has 2 fully saturated rings. The van der Waals surface area contributed by atoms with Crippen LogP contribution >= 0.6 is 0 Å². The van der Waals surface area contributed by atoms with Crippen molar-refractivity contribution in [3.63, 3.8) is 0 Å². The lowest BCUT2D eigenvalue weighted by atomic mass is 10.0. The molecular weight excluding hydrogens is 261 g/mol. The largest absolute Gasteiger partial charge is 0.419 e. The third kappa shape index (κ3) is 3.20. The van der Waals surface area contributed by atoms with Crippen molar-refractivity contribution in [3.05, 3.63) is 0 Å². The minimum atomic E-state index is -4.67. The average Bonchev–Trinajstić information content (AvgIpc) is 2.94. The molecule has 110 valence electrons. The summed E-state index contributed by atoms with van der Waals surface area (Å²) >= 11 is 0. The van der Waals surface area contributed by atoms with E-state index in [1.807, 2.05) is 0 Å². The maximum absolute atomic E-state index is 12.6. The van der Waals surface area contributed by atoms with Crippen LogP contribution in [0.15, 0.2) is 0 Å². The van der Waals surface area contributed by atoms with Crippen LogP contribution in [-0.2, 0) is 4.79 Å². The Labute approximate surface area is 110 Å². The van der Waals surface area contributed by atoms with E-state index in [-0.39, 0.29) is 18.9 Å². The highest BCUT2D eigenvalue weighted by molar-refractivity contribution is 5.76. The van der Waals surface area contributed by atoms with E-state index in [9.17, 15) is 23.1 Å². The van der Waals surface area contributed by atoms with Gasteiger partial charge in [-0.05, 0) is 31.8 Å². The lowest BCUT2D eigenvalue weighted by molar-refractivity contribution is -0.253. The Bertz CT molecular complexity index is 342. The van der Waals surface area contributed by atoms with Crippen molar-refractivity contribution < 1.29 is 23.1 Å². The molecule has 2 N–H and O–H groups in total. The van der Waals surface area contributed by atoms with Crippen LogP contribution in [0.3, 0.4) is 0 Å². The SMILES string of the molecule is O=C(CCC1CCNC1)N1CCC(O)(C(F)(F)F)C1. The van der Waals surface area contributed by atoms with E-state index in [1.165, 1.54) is 0 Å². The van der Waals surface area contributed by atoms with Gasteiger partial charge in [0, 0.05) is 19.4 Å². The van der Waals surface area contributed by atoms with Crippen LogP contribution in [0.2, 0.25) is 0 Å². The summed E-state index contributed by atoms with van der Waals surface area (Å²) in [6.07, 6.45) is -3.11. The number of rotatable bonds is 3. The maximum Gasteiger partial charge on any atom is 0.419 e. The molecule has 1 amide bonds. The van der Waals surface area contributed by atoms with E-state index in [2.05, 4.69) is 5.32 Å². The number of halogens is 3. The van der Waals surface area contributed by atoms with Crippen LogP contribution in [-0.4, -0.2) is 53.9 Å². The first-order valence-corrected chi connectivity index (χ1v) is 6.59. The number of hydrogen-bond acceptors (Lipinski definition) is 3. The van der Waals surface area contributed by atoms with Crippen molar-refractivity contribution in [2.24, 2.45) is 5.92 Å². The summed E-state index contributed by atoms with van der Waals surface area (Å²) in [5.74, 6) is 0.153. The van der Waals surface area contributed by atoms with Crippen LogP contribution in [0, 0.1) is 5.92 Å². The Morgan fingerprint density at radius 2 is 2.21 bits per heavy atom. The number of likely N-dealkylation sites (tertiary alicyclic amines) is 1. The highest BCUT2D eigenvalue weighted by Crippen LogP contribution is 2.37. The second-order valence-corrected chi connectivity index (χ2v) is 5.49. The molecule has 0 radical (unpaired) electrons. The van der Waals surface area contributed by atoms with Gasteiger partial charge in [-0.25, -0.2) is 0 Å². The van der Waals surface area contributed by atoms with Gasteiger partial charge in [0.2, 0.25) is 5.91 Å². The van der Waals surface area contributed by atoms with Gasteiger partial charge in [0.05, 0.1) is 6.54 Å². The molecule has 2 atom stereocenters. The van der Waals surface area contributed by atoms with Crippen LogP contribution < -0.4 is 5.32 Å². The Morgan fingerprint density at radius 1 is 1.47 bits per heavy atom. The summed E-state index contributed by atoms with van der Waals surface area (Å²) in [5.41, 5.74) is -2.72. The average molecular weight is 280 g/mol. The fourth-order valence-electron chi connectivity index (χ4n) is 2.68. The summed E-state index contributed by atoms with van der Waals surface area (Å²) < 4.78 is 37.9. The zero-order chi connectivity index (χ0) is 14.1. The molecule has 2 aliphatic rings. The smallest absolute Gasteiger partial charge is 0.379 e. The van der Waals surface area contributed by atoms with Crippen molar-refractivity contribution in [1.82, 2.24) is 10.2 Å². The highest BCUT2D eigenvalue weighted by atomic mass is 19.4. The molecule has 0 bridgehead atoms. The second kappa shape index (κ2) is 5.28. The quantitative estimate of drug-likeness (QED) is 0.807. The van der Waals surface area contributed by atoms with Gasteiger partial charge < -0.3 is 15.3 Å². The molecule has 2 rings (SSSR count). The van der Waals surface area contributed by atoms with Gasteiger partial charge >= 0.3 is 6.18 Å². The van der Waals surface area contributed by atoms with Gasteiger partial charge in [-0.1, -0.05) is 0 Å². The molecule has 2 heterocycles. The number of amides is 1.